The highest BCUT2D eigenvalue weighted by Crippen LogP contribution is 2.27. The summed E-state index contributed by atoms with van der Waals surface area (Å²) < 4.78 is 0. The van der Waals surface area contributed by atoms with Crippen LogP contribution in [0.15, 0.2) is 10.2 Å². The quantitative estimate of drug-likeness (QED) is 0.867. The number of H-pyrrole nitrogens is 1. The summed E-state index contributed by atoms with van der Waals surface area (Å²) in [6.07, 6.45) is 1.56. The summed E-state index contributed by atoms with van der Waals surface area (Å²) in [6, 6.07) is 0. The van der Waals surface area contributed by atoms with Gasteiger partial charge >= 0.3 is 0 Å². The summed E-state index contributed by atoms with van der Waals surface area (Å²) in [5.41, 5.74) is 1.06. The fourth-order valence-electron chi connectivity index (χ4n) is 1.79. The van der Waals surface area contributed by atoms with Crippen molar-refractivity contribution in [2.75, 3.05) is 5.88 Å². The molecule has 0 unspecified atom stereocenters. The highest BCUT2D eigenvalue weighted by molar-refractivity contribution is 7.16. The zero-order valence-electron chi connectivity index (χ0n) is 9.92. The third-order valence-electron chi connectivity index (χ3n) is 2.69. The van der Waals surface area contributed by atoms with Crippen LogP contribution in [0.25, 0.3) is 10.2 Å². The summed E-state index contributed by atoms with van der Waals surface area (Å²) in [4.78, 5) is 20.2. The van der Waals surface area contributed by atoms with Crippen molar-refractivity contribution in [3.8, 4) is 0 Å². The lowest BCUT2D eigenvalue weighted by molar-refractivity contribution is 0.839. The van der Waals surface area contributed by atoms with Crippen LogP contribution >= 0.6 is 22.9 Å². The van der Waals surface area contributed by atoms with Crippen molar-refractivity contribution in [1.82, 2.24) is 9.97 Å². The highest BCUT2D eigenvalue weighted by Gasteiger charge is 2.13. The van der Waals surface area contributed by atoms with Crippen LogP contribution in [0.1, 0.15) is 37.6 Å². The van der Waals surface area contributed by atoms with Crippen LogP contribution in [0.4, 0.5) is 0 Å². The van der Waals surface area contributed by atoms with Crippen LogP contribution < -0.4 is 5.56 Å². The summed E-state index contributed by atoms with van der Waals surface area (Å²) in [5.74, 6) is 1.67. The Morgan fingerprint density at radius 3 is 2.94 bits per heavy atom. The maximum absolute atomic E-state index is 12.0. The van der Waals surface area contributed by atoms with Gasteiger partial charge in [-0.05, 0) is 23.3 Å². The van der Waals surface area contributed by atoms with Crippen molar-refractivity contribution in [2.24, 2.45) is 0 Å². The first-order chi connectivity index (χ1) is 8.13. The van der Waals surface area contributed by atoms with Crippen molar-refractivity contribution in [2.45, 2.75) is 32.6 Å². The molecule has 5 heteroatoms. The van der Waals surface area contributed by atoms with E-state index in [1.54, 1.807) is 0 Å². The van der Waals surface area contributed by atoms with Gasteiger partial charge in [0.15, 0.2) is 0 Å². The van der Waals surface area contributed by atoms with Gasteiger partial charge in [-0.25, -0.2) is 4.98 Å². The van der Waals surface area contributed by atoms with E-state index in [0.29, 0.717) is 11.8 Å². The predicted octanol–water partition coefficient (Wildman–Crippen LogP) is 3.28. The van der Waals surface area contributed by atoms with E-state index in [-0.39, 0.29) is 5.56 Å². The Bertz CT molecular complexity index is 573. The van der Waals surface area contributed by atoms with E-state index < -0.39 is 0 Å². The van der Waals surface area contributed by atoms with E-state index in [2.05, 4.69) is 23.8 Å². The molecule has 0 saturated carbocycles. The van der Waals surface area contributed by atoms with Gasteiger partial charge in [0.25, 0.3) is 5.56 Å². The minimum Gasteiger partial charge on any atom is -0.310 e. The number of halogens is 1. The largest absolute Gasteiger partial charge is 0.310 e. The number of rotatable bonds is 4. The molecule has 0 spiro atoms. The van der Waals surface area contributed by atoms with Crippen molar-refractivity contribution in [3.05, 3.63) is 27.1 Å². The SMILES string of the molecule is CC(C)c1csc2nc(CCCCl)[nH]c(=O)c12. The van der Waals surface area contributed by atoms with Gasteiger partial charge in [-0.15, -0.1) is 22.9 Å². The average molecular weight is 271 g/mol. The molecule has 2 aromatic rings. The van der Waals surface area contributed by atoms with Gasteiger partial charge < -0.3 is 4.98 Å². The first-order valence-electron chi connectivity index (χ1n) is 5.69. The molecule has 2 aromatic heterocycles. The van der Waals surface area contributed by atoms with Crippen molar-refractivity contribution < 1.29 is 0 Å². The Hall–Kier alpha value is -0.870. The molecule has 2 heterocycles. The fraction of sp³-hybridized carbons (Fsp3) is 0.500. The first kappa shape index (κ1) is 12.6. The van der Waals surface area contributed by atoms with Crippen LogP contribution in [-0.2, 0) is 6.42 Å². The highest BCUT2D eigenvalue weighted by atomic mass is 35.5. The van der Waals surface area contributed by atoms with Gasteiger partial charge in [0.2, 0.25) is 0 Å². The number of hydrogen-bond acceptors (Lipinski definition) is 3. The van der Waals surface area contributed by atoms with Crippen LogP contribution in [0.2, 0.25) is 0 Å². The molecule has 0 saturated heterocycles. The summed E-state index contributed by atoms with van der Waals surface area (Å²) in [5, 5.41) is 2.78. The summed E-state index contributed by atoms with van der Waals surface area (Å²) >= 11 is 7.18. The second-order valence-corrected chi connectivity index (χ2v) is 5.57. The maximum Gasteiger partial charge on any atom is 0.259 e. The third kappa shape index (κ3) is 2.53. The monoisotopic (exact) mass is 270 g/mol. The number of hydrogen-bond donors (Lipinski definition) is 1. The van der Waals surface area contributed by atoms with Crippen LogP contribution in [0.5, 0.6) is 0 Å². The fourth-order valence-corrected chi connectivity index (χ4v) is 3.05. The van der Waals surface area contributed by atoms with E-state index in [9.17, 15) is 4.79 Å². The van der Waals surface area contributed by atoms with Gasteiger partial charge in [0.1, 0.15) is 10.7 Å². The number of aromatic amines is 1. The maximum atomic E-state index is 12.0. The minimum atomic E-state index is -0.0236. The molecule has 3 nitrogen and oxygen atoms in total. The molecule has 0 amide bonds. The molecule has 0 aliphatic rings. The first-order valence-corrected chi connectivity index (χ1v) is 7.11. The number of thiophene rings is 1. The zero-order valence-corrected chi connectivity index (χ0v) is 11.5. The van der Waals surface area contributed by atoms with Crippen LogP contribution in [0.3, 0.4) is 0 Å². The van der Waals surface area contributed by atoms with Gasteiger partial charge in [-0.1, -0.05) is 13.8 Å². The van der Waals surface area contributed by atoms with E-state index in [1.165, 1.54) is 11.3 Å². The van der Waals surface area contributed by atoms with Gasteiger partial charge in [0, 0.05) is 12.3 Å². The van der Waals surface area contributed by atoms with Gasteiger partial charge in [-0.3, -0.25) is 4.79 Å². The second-order valence-electron chi connectivity index (χ2n) is 4.33. The number of aromatic nitrogens is 2. The number of aryl methyl sites for hydroxylation is 1. The molecule has 1 N–H and O–H groups in total. The third-order valence-corrected chi connectivity index (χ3v) is 3.85. The van der Waals surface area contributed by atoms with Crippen molar-refractivity contribution in [3.63, 3.8) is 0 Å². The lowest BCUT2D eigenvalue weighted by Gasteiger charge is -2.03. The van der Waals surface area contributed by atoms with E-state index in [4.69, 9.17) is 11.6 Å². The minimum absolute atomic E-state index is 0.0236. The molecule has 0 aromatic carbocycles. The number of fused-ring (bicyclic) bond motifs is 1. The number of nitrogens with one attached hydrogen (secondary N) is 1. The Kier molecular flexibility index (Phi) is 3.84. The Labute approximate surface area is 109 Å². The van der Waals surface area contributed by atoms with Crippen molar-refractivity contribution >= 4 is 33.2 Å². The lowest BCUT2D eigenvalue weighted by Crippen LogP contribution is -2.12. The van der Waals surface area contributed by atoms with Crippen LogP contribution in [0, 0.1) is 0 Å². The topological polar surface area (TPSA) is 45.8 Å². The van der Waals surface area contributed by atoms with E-state index >= 15 is 0 Å². The van der Waals surface area contributed by atoms with Gasteiger partial charge in [-0.2, -0.15) is 0 Å². The molecule has 0 atom stereocenters. The number of alkyl halides is 1. The van der Waals surface area contributed by atoms with E-state index in [0.717, 1.165) is 34.4 Å². The van der Waals surface area contributed by atoms with Crippen LogP contribution in [-0.4, -0.2) is 15.8 Å². The molecule has 0 fully saturated rings. The molecule has 0 aliphatic carbocycles. The molecular weight excluding hydrogens is 256 g/mol. The summed E-state index contributed by atoms with van der Waals surface area (Å²) in [6.45, 7) is 4.17. The lowest BCUT2D eigenvalue weighted by atomic mass is 10.0. The predicted molar refractivity (Wildman–Crippen MR) is 73.4 cm³/mol. The smallest absolute Gasteiger partial charge is 0.259 e. The van der Waals surface area contributed by atoms with Gasteiger partial charge in [0.05, 0.1) is 5.39 Å². The second kappa shape index (κ2) is 5.19. The Morgan fingerprint density at radius 2 is 2.29 bits per heavy atom. The molecule has 92 valence electrons. The molecular formula is C12H15ClN2OS. The number of nitrogens with zero attached hydrogens (tertiary/aromatic N) is 1. The Morgan fingerprint density at radius 1 is 1.53 bits per heavy atom. The normalized spacial score (nSPS) is 11.5. The van der Waals surface area contributed by atoms with Crippen molar-refractivity contribution in [1.29, 1.82) is 0 Å². The standard InChI is InChI=1S/C12H15ClN2OS/c1-7(2)8-6-17-12-10(8)11(16)14-9(15-12)4-3-5-13/h6-7H,3-5H2,1-2H3,(H,14,15,16). The average Bonchev–Trinajstić information content (AvgIpc) is 2.70. The van der Waals surface area contributed by atoms with E-state index in [1.807, 2.05) is 5.38 Å². The summed E-state index contributed by atoms with van der Waals surface area (Å²) in [7, 11) is 0. The Balaban J connectivity index is 2.50. The molecule has 2 rings (SSSR count). The zero-order chi connectivity index (χ0) is 12.4. The molecule has 0 aliphatic heterocycles. The molecule has 17 heavy (non-hydrogen) atoms. The molecule has 0 bridgehead atoms. The molecule has 0 radical (unpaired) electrons.